The van der Waals surface area contributed by atoms with Gasteiger partial charge in [-0.2, -0.15) is 0 Å². The molecule has 1 fully saturated rings. The molecule has 1 N–H and O–H groups in total. The molecule has 23 heavy (non-hydrogen) atoms. The zero-order chi connectivity index (χ0) is 16.1. The number of carbonyl (C=O) groups is 1. The number of anilines is 2. The third-order valence-corrected chi connectivity index (χ3v) is 4.17. The molecule has 0 saturated carbocycles. The number of aryl methyl sites for hydroxylation is 1. The number of benzene rings is 1. The quantitative estimate of drug-likeness (QED) is 0.931. The average Bonchev–Trinajstić information content (AvgIpc) is 2.84. The van der Waals surface area contributed by atoms with Crippen LogP contribution in [0.5, 0.6) is 0 Å². The van der Waals surface area contributed by atoms with Gasteiger partial charge in [-0.25, -0.2) is 4.98 Å². The van der Waals surface area contributed by atoms with Crippen LogP contribution in [0.25, 0.3) is 0 Å². The Morgan fingerprint density at radius 2 is 1.78 bits per heavy atom. The Kier molecular flexibility index (Phi) is 4.91. The van der Waals surface area contributed by atoms with E-state index in [4.69, 9.17) is 0 Å². The fraction of sp³-hybridized carbons (Fsp3) is 0.368. The highest BCUT2D eigenvalue weighted by Gasteiger charge is 2.14. The summed E-state index contributed by atoms with van der Waals surface area (Å²) in [6, 6.07) is 13.5. The van der Waals surface area contributed by atoms with E-state index in [2.05, 4.69) is 15.2 Å². The number of carbonyl (C=O) groups excluding carboxylic acids is 1. The van der Waals surface area contributed by atoms with Crippen molar-refractivity contribution < 1.29 is 4.79 Å². The molecule has 1 aromatic heterocycles. The van der Waals surface area contributed by atoms with Crippen molar-refractivity contribution in [3.8, 4) is 0 Å². The number of rotatable bonds is 3. The highest BCUT2D eigenvalue weighted by Crippen LogP contribution is 2.18. The molecule has 120 valence electrons. The van der Waals surface area contributed by atoms with Crippen LogP contribution in [0.4, 0.5) is 11.5 Å². The molecule has 0 atom stereocenters. The SMILES string of the molecule is Cc1cccc(NC(=O)c2cccc(N3CCCCCC3)n2)c1. The van der Waals surface area contributed by atoms with Crippen molar-refractivity contribution in [1.29, 1.82) is 0 Å². The van der Waals surface area contributed by atoms with Crippen molar-refractivity contribution in [3.05, 3.63) is 53.7 Å². The zero-order valence-corrected chi connectivity index (χ0v) is 13.6. The number of pyridine rings is 1. The number of nitrogens with zero attached hydrogens (tertiary/aromatic N) is 2. The van der Waals surface area contributed by atoms with Gasteiger partial charge in [-0.15, -0.1) is 0 Å². The van der Waals surface area contributed by atoms with Gasteiger partial charge in [-0.1, -0.05) is 31.0 Å². The molecule has 1 aliphatic rings. The first-order valence-electron chi connectivity index (χ1n) is 8.32. The maximum atomic E-state index is 12.4. The highest BCUT2D eigenvalue weighted by atomic mass is 16.1. The molecule has 4 heteroatoms. The molecule has 1 aromatic carbocycles. The Balaban J connectivity index is 1.74. The van der Waals surface area contributed by atoms with Crippen molar-refractivity contribution in [3.63, 3.8) is 0 Å². The van der Waals surface area contributed by atoms with E-state index in [1.807, 2.05) is 43.3 Å². The van der Waals surface area contributed by atoms with Gasteiger partial charge in [0.15, 0.2) is 0 Å². The van der Waals surface area contributed by atoms with E-state index in [0.29, 0.717) is 5.69 Å². The van der Waals surface area contributed by atoms with Gasteiger partial charge < -0.3 is 10.2 Å². The fourth-order valence-electron chi connectivity index (χ4n) is 2.94. The van der Waals surface area contributed by atoms with Gasteiger partial charge in [-0.3, -0.25) is 4.79 Å². The summed E-state index contributed by atoms with van der Waals surface area (Å²) in [4.78, 5) is 19.3. The van der Waals surface area contributed by atoms with E-state index in [-0.39, 0.29) is 5.91 Å². The van der Waals surface area contributed by atoms with Gasteiger partial charge in [0.2, 0.25) is 0 Å². The molecule has 0 spiro atoms. The molecule has 2 heterocycles. The molecule has 0 bridgehead atoms. The molecule has 1 saturated heterocycles. The third-order valence-electron chi connectivity index (χ3n) is 4.17. The number of amides is 1. The Morgan fingerprint density at radius 3 is 2.52 bits per heavy atom. The molecule has 2 aromatic rings. The Labute approximate surface area is 137 Å². The lowest BCUT2D eigenvalue weighted by molar-refractivity contribution is 0.102. The van der Waals surface area contributed by atoms with E-state index in [9.17, 15) is 4.79 Å². The minimum Gasteiger partial charge on any atom is -0.357 e. The fourth-order valence-corrected chi connectivity index (χ4v) is 2.94. The normalized spacial score (nSPS) is 15.1. The van der Waals surface area contributed by atoms with Gasteiger partial charge in [0, 0.05) is 18.8 Å². The summed E-state index contributed by atoms with van der Waals surface area (Å²) in [6.07, 6.45) is 4.96. The van der Waals surface area contributed by atoms with Crippen molar-refractivity contribution in [1.82, 2.24) is 4.98 Å². The van der Waals surface area contributed by atoms with Crippen LogP contribution in [0, 0.1) is 6.92 Å². The van der Waals surface area contributed by atoms with Gasteiger partial charge >= 0.3 is 0 Å². The summed E-state index contributed by atoms with van der Waals surface area (Å²) in [6.45, 7) is 4.06. The van der Waals surface area contributed by atoms with E-state index in [0.717, 1.165) is 30.2 Å². The largest absolute Gasteiger partial charge is 0.357 e. The molecule has 0 radical (unpaired) electrons. The van der Waals surface area contributed by atoms with Crippen LogP contribution in [0.15, 0.2) is 42.5 Å². The summed E-state index contributed by atoms with van der Waals surface area (Å²) >= 11 is 0. The lowest BCUT2D eigenvalue weighted by Crippen LogP contribution is -2.26. The van der Waals surface area contributed by atoms with Gasteiger partial charge in [0.1, 0.15) is 11.5 Å². The second-order valence-electron chi connectivity index (χ2n) is 6.11. The monoisotopic (exact) mass is 309 g/mol. The third kappa shape index (κ3) is 4.09. The van der Waals surface area contributed by atoms with E-state index >= 15 is 0 Å². The molecular formula is C19H23N3O. The number of hydrogen-bond donors (Lipinski definition) is 1. The molecular weight excluding hydrogens is 286 g/mol. The minimum absolute atomic E-state index is 0.160. The van der Waals surface area contributed by atoms with Crippen LogP contribution in [-0.4, -0.2) is 24.0 Å². The minimum atomic E-state index is -0.160. The molecule has 0 aliphatic carbocycles. The molecule has 0 unspecified atom stereocenters. The summed E-state index contributed by atoms with van der Waals surface area (Å²) in [5, 5.41) is 2.92. The predicted octanol–water partition coefficient (Wildman–Crippen LogP) is 4.02. The van der Waals surface area contributed by atoms with Crippen LogP contribution in [0.2, 0.25) is 0 Å². The van der Waals surface area contributed by atoms with E-state index in [1.165, 1.54) is 25.7 Å². The number of aromatic nitrogens is 1. The van der Waals surface area contributed by atoms with Crippen LogP contribution in [0.1, 0.15) is 41.7 Å². The first-order valence-corrected chi connectivity index (χ1v) is 8.32. The van der Waals surface area contributed by atoms with Crippen LogP contribution >= 0.6 is 0 Å². The van der Waals surface area contributed by atoms with Crippen molar-refractivity contribution in [2.75, 3.05) is 23.3 Å². The summed E-state index contributed by atoms with van der Waals surface area (Å²) in [5.74, 6) is 0.746. The Morgan fingerprint density at radius 1 is 1.04 bits per heavy atom. The van der Waals surface area contributed by atoms with Gasteiger partial charge in [0.05, 0.1) is 0 Å². The summed E-state index contributed by atoms with van der Waals surface area (Å²) < 4.78 is 0. The molecule has 3 rings (SSSR count). The van der Waals surface area contributed by atoms with Gasteiger partial charge in [0.25, 0.3) is 5.91 Å². The lowest BCUT2D eigenvalue weighted by atomic mass is 10.2. The predicted molar refractivity (Wildman–Crippen MR) is 94.1 cm³/mol. The van der Waals surface area contributed by atoms with E-state index < -0.39 is 0 Å². The van der Waals surface area contributed by atoms with Crippen molar-refractivity contribution in [2.45, 2.75) is 32.6 Å². The second kappa shape index (κ2) is 7.27. The standard InChI is InChI=1S/C19H23N3O/c1-15-8-6-9-16(14-15)20-19(23)17-10-7-11-18(21-17)22-12-4-2-3-5-13-22/h6-11,14H,2-5,12-13H2,1H3,(H,20,23). The lowest BCUT2D eigenvalue weighted by Gasteiger charge is -2.21. The average molecular weight is 309 g/mol. The van der Waals surface area contributed by atoms with Crippen LogP contribution < -0.4 is 10.2 Å². The highest BCUT2D eigenvalue weighted by molar-refractivity contribution is 6.03. The Bertz CT molecular complexity index is 676. The summed E-state index contributed by atoms with van der Waals surface area (Å²) in [7, 11) is 0. The molecule has 1 amide bonds. The number of nitrogens with one attached hydrogen (secondary N) is 1. The Hall–Kier alpha value is -2.36. The van der Waals surface area contributed by atoms with Crippen LogP contribution in [-0.2, 0) is 0 Å². The second-order valence-corrected chi connectivity index (χ2v) is 6.11. The van der Waals surface area contributed by atoms with Crippen molar-refractivity contribution >= 4 is 17.4 Å². The first-order chi connectivity index (χ1) is 11.2. The van der Waals surface area contributed by atoms with E-state index in [1.54, 1.807) is 6.07 Å². The molecule has 1 aliphatic heterocycles. The van der Waals surface area contributed by atoms with Crippen molar-refractivity contribution in [2.24, 2.45) is 0 Å². The zero-order valence-electron chi connectivity index (χ0n) is 13.6. The van der Waals surface area contributed by atoms with Gasteiger partial charge in [-0.05, 0) is 49.6 Å². The number of hydrogen-bond acceptors (Lipinski definition) is 3. The molecule has 4 nitrogen and oxygen atoms in total. The first kappa shape index (κ1) is 15.5. The smallest absolute Gasteiger partial charge is 0.274 e. The topological polar surface area (TPSA) is 45.2 Å². The van der Waals surface area contributed by atoms with Crippen LogP contribution in [0.3, 0.4) is 0 Å². The summed E-state index contributed by atoms with van der Waals surface area (Å²) in [5.41, 5.74) is 2.39. The maximum absolute atomic E-state index is 12.4. The maximum Gasteiger partial charge on any atom is 0.274 e.